The number of hydrazine groups is 2. The van der Waals surface area contributed by atoms with Crippen LogP contribution in [0.4, 0.5) is 0 Å². The second-order valence-corrected chi connectivity index (χ2v) is 7.09. The first kappa shape index (κ1) is 22.5. The summed E-state index contributed by atoms with van der Waals surface area (Å²) in [4.78, 5) is 26.5. The van der Waals surface area contributed by atoms with Crippen LogP contribution in [0.2, 0.25) is 0 Å². The molecule has 0 atom stereocenters. The molecule has 0 spiro atoms. The normalized spacial score (nSPS) is 18.7. The molecular formula is C16H32N6O6. The van der Waals surface area contributed by atoms with E-state index in [2.05, 4.69) is 0 Å². The fourth-order valence-electron chi connectivity index (χ4n) is 3.30. The van der Waals surface area contributed by atoms with E-state index in [1.54, 1.807) is 0 Å². The molecule has 0 saturated carbocycles. The Hall–Kier alpha value is -1.76. The SMILES string of the molecule is O=[N+]([O-])N(CCCCCCN(CN1CCOCC1)[N+](=O)[O-])CN1CCOCC1. The molecule has 0 aromatic heterocycles. The standard InChI is InChI=1S/C16H32N6O6/c23-21(24)19(15-17-7-11-27-12-8-17)5-3-1-2-4-6-20(22(25)26)16-18-9-13-28-14-10-18/h1-16H2. The molecule has 12 nitrogen and oxygen atoms in total. The molecule has 0 bridgehead atoms. The van der Waals surface area contributed by atoms with Gasteiger partial charge in [0, 0.05) is 26.2 Å². The summed E-state index contributed by atoms with van der Waals surface area (Å²) < 4.78 is 10.5. The largest absolute Gasteiger partial charge is 0.379 e. The van der Waals surface area contributed by atoms with Gasteiger partial charge in [0.15, 0.2) is 10.1 Å². The molecule has 2 saturated heterocycles. The number of unbranched alkanes of at least 4 members (excludes halogenated alkanes) is 3. The Balaban J connectivity index is 1.59. The second kappa shape index (κ2) is 12.6. The summed E-state index contributed by atoms with van der Waals surface area (Å²) >= 11 is 0. The first-order valence-electron chi connectivity index (χ1n) is 9.95. The predicted octanol–water partition coefficient (Wildman–Crippen LogP) is 0.114. The van der Waals surface area contributed by atoms with Crippen molar-refractivity contribution in [2.24, 2.45) is 0 Å². The molecule has 0 N–H and O–H groups in total. The van der Waals surface area contributed by atoms with E-state index >= 15 is 0 Å². The van der Waals surface area contributed by atoms with E-state index < -0.39 is 0 Å². The Morgan fingerprint density at radius 1 is 0.679 bits per heavy atom. The van der Waals surface area contributed by atoms with Gasteiger partial charge in [0.05, 0.1) is 39.5 Å². The molecule has 0 unspecified atom stereocenters. The lowest BCUT2D eigenvalue weighted by atomic mass is 10.2. The van der Waals surface area contributed by atoms with Gasteiger partial charge in [-0.25, -0.2) is 20.2 Å². The number of nitrogens with zero attached hydrogens (tertiary/aromatic N) is 6. The summed E-state index contributed by atoms with van der Waals surface area (Å²) in [6, 6.07) is 0. The zero-order chi connectivity index (χ0) is 20.2. The van der Waals surface area contributed by atoms with Crippen LogP contribution in [-0.2, 0) is 9.47 Å². The van der Waals surface area contributed by atoms with E-state index in [0.29, 0.717) is 91.9 Å². The highest BCUT2D eigenvalue weighted by Gasteiger charge is 2.21. The van der Waals surface area contributed by atoms with Gasteiger partial charge < -0.3 is 9.47 Å². The lowest BCUT2D eigenvalue weighted by molar-refractivity contribution is -0.660. The van der Waals surface area contributed by atoms with E-state index in [1.807, 2.05) is 9.80 Å². The Morgan fingerprint density at radius 3 is 1.36 bits per heavy atom. The Morgan fingerprint density at radius 2 is 1.04 bits per heavy atom. The van der Waals surface area contributed by atoms with Crippen LogP contribution in [0.5, 0.6) is 0 Å². The third kappa shape index (κ3) is 8.50. The first-order valence-corrected chi connectivity index (χ1v) is 9.95. The lowest BCUT2D eigenvalue weighted by Crippen LogP contribution is -2.46. The van der Waals surface area contributed by atoms with Gasteiger partial charge in [0.2, 0.25) is 0 Å². The highest BCUT2D eigenvalue weighted by Crippen LogP contribution is 2.07. The summed E-state index contributed by atoms with van der Waals surface area (Å²) in [5.41, 5.74) is 0. The van der Waals surface area contributed by atoms with Gasteiger partial charge in [0.25, 0.3) is 0 Å². The molecule has 0 radical (unpaired) electrons. The molecule has 2 rings (SSSR count). The monoisotopic (exact) mass is 404 g/mol. The first-order chi connectivity index (χ1) is 13.6. The van der Waals surface area contributed by atoms with Crippen molar-refractivity contribution in [1.82, 2.24) is 19.8 Å². The fraction of sp³-hybridized carbons (Fsp3) is 1.00. The Kier molecular flexibility index (Phi) is 10.2. The highest BCUT2D eigenvalue weighted by atomic mass is 16.7. The van der Waals surface area contributed by atoms with Crippen LogP contribution in [0.25, 0.3) is 0 Å². The van der Waals surface area contributed by atoms with Gasteiger partial charge in [-0.05, 0) is 12.8 Å². The molecule has 2 heterocycles. The van der Waals surface area contributed by atoms with Crippen LogP contribution in [0.3, 0.4) is 0 Å². The van der Waals surface area contributed by atoms with Gasteiger partial charge in [-0.2, -0.15) is 0 Å². The number of morpholine rings is 2. The van der Waals surface area contributed by atoms with Crippen molar-refractivity contribution in [2.45, 2.75) is 25.7 Å². The third-order valence-electron chi connectivity index (χ3n) is 4.98. The van der Waals surface area contributed by atoms with Crippen molar-refractivity contribution in [3.8, 4) is 0 Å². The summed E-state index contributed by atoms with van der Waals surface area (Å²) in [6.07, 6.45) is 3.04. The van der Waals surface area contributed by atoms with Crippen LogP contribution in [-0.4, -0.2) is 109 Å². The minimum atomic E-state index is -0.341. The van der Waals surface area contributed by atoms with E-state index in [-0.39, 0.29) is 10.1 Å². The number of nitro groups is 2. The zero-order valence-electron chi connectivity index (χ0n) is 16.4. The molecule has 0 aromatic rings. The molecule has 28 heavy (non-hydrogen) atoms. The molecule has 12 heteroatoms. The molecule has 2 fully saturated rings. The van der Waals surface area contributed by atoms with Crippen LogP contribution < -0.4 is 0 Å². The van der Waals surface area contributed by atoms with Crippen molar-refractivity contribution in [3.63, 3.8) is 0 Å². The highest BCUT2D eigenvalue weighted by molar-refractivity contribution is 4.62. The van der Waals surface area contributed by atoms with Crippen LogP contribution in [0.1, 0.15) is 25.7 Å². The summed E-state index contributed by atoms with van der Waals surface area (Å²) in [5, 5.41) is 24.3. The maximum absolute atomic E-state index is 11.2. The van der Waals surface area contributed by atoms with Gasteiger partial charge >= 0.3 is 0 Å². The summed E-state index contributed by atoms with van der Waals surface area (Å²) in [5.74, 6) is 0. The van der Waals surface area contributed by atoms with E-state index in [4.69, 9.17) is 9.47 Å². The lowest BCUT2D eigenvalue weighted by Gasteiger charge is -2.28. The molecule has 2 aliphatic heterocycles. The van der Waals surface area contributed by atoms with Gasteiger partial charge in [-0.3, -0.25) is 9.80 Å². The van der Waals surface area contributed by atoms with Gasteiger partial charge in [0.1, 0.15) is 13.3 Å². The predicted molar refractivity (Wildman–Crippen MR) is 100 cm³/mol. The van der Waals surface area contributed by atoms with Crippen molar-refractivity contribution in [1.29, 1.82) is 0 Å². The quantitative estimate of drug-likeness (QED) is 0.238. The number of rotatable bonds is 13. The van der Waals surface area contributed by atoms with Crippen molar-refractivity contribution >= 4 is 0 Å². The van der Waals surface area contributed by atoms with Gasteiger partial charge in [-0.1, -0.05) is 12.8 Å². The van der Waals surface area contributed by atoms with E-state index in [0.717, 1.165) is 12.8 Å². The number of ether oxygens (including phenoxy) is 2. The average molecular weight is 404 g/mol. The molecule has 0 amide bonds. The topological polar surface area (TPSA) is 118 Å². The van der Waals surface area contributed by atoms with Crippen LogP contribution in [0.15, 0.2) is 0 Å². The van der Waals surface area contributed by atoms with Crippen LogP contribution in [0, 0.1) is 20.2 Å². The maximum atomic E-state index is 11.2. The Bertz CT molecular complexity index is 431. The average Bonchev–Trinajstić information content (AvgIpc) is 2.70. The second-order valence-electron chi connectivity index (χ2n) is 7.09. The fourth-order valence-corrected chi connectivity index (χ4v) is 3.30. The summed E-state index contributed by atoms with van der Waals surface area (Å²) in [7, 11) is 0. The maximum Gasteiger partial charge on any atom is 0.161 e. The number of hydrogen-bond acceptors (Lipinski definition) is 8. The minimum Gasteiger partial charge on any atom is -0.379 e. The Labute approximate surface area is 165 Å². The summed E-state index contributed by atoms with van der Waals surface area (Å²) in [6.45, 7) is 6.70. The minimum absolute atomic E-state index is 0.311. The van der Waals surface area contributed by atoms with Crippen molar-refractivity contribution < 1.29 is 19.5 Å². The zero-order valence-corrected chi connectivity index (χ0v) is 16.4. The molecule has 2 aliphatic rings. The smallest absolute Gasteiger partial charge is 0.161 e. The van der Waals surface area contributed by atoms with Gasteiger partial charge in [-0.15, -0.1) is 10.0 Å². The molecule has 0 aliphatic carbocycles. The van der Waals surface area contributed by atoms with E-state index in [9.17, 15) is 20.2 Å². The van der Waals surface area contributed by atoms with Crippen LogP contribution >= 0.6 is 0 Å². The van der Waals surface area contributed by atoms with Crippen molar-refractivity contribution in [3.05, 3.63) is 20.2 Å². The molecule has 162 valence electrons. The van der Waals surface area contributed by atoms with E-state index in [1.165, 1.54) is 10.0 Å². The molecule has 0 aromatic carbocycles. The molecular weight excluding hydrogens is 372 g/mol. The van der Waals surface area contributed by atoms with Crippen molar-refractivity contribution in [2.75, 3.05) is 79.0 Å². The third-order valence-corrected chi connectivity index (χ3v) is 4.98. The number of hydrogen-bond donors (Lipinski definition) is 0.